The maximum Gasteiger partial charge on any atom is 0.0914 e. The van der Waals surface area contributed by atoms with Crippen LogP contribution in [0.15, 0.2) is 24.3 Å². The topological polar surface area (TPSA) is 52.5 Å². The fourth-order valence-electron chi connectivity index (χ4n) is 1.33. The second kappa shape index (κ2) is 6.86. The highest BCUT2D eigenvalue weighted by Gasteiger charge is 2.07. The molecule has 0 saturated heterocycles. The Bertz CT molecular complexity index is 302. The molecule has 2 unspecified atom stereocenters. The number of nitrogens with one attached hydrogen (secondary N) is 1. The van der Waals surface area contributed by atoms with Gasteiger partial charge in [0.2, 0.25) is 0 Å². The van der Waals surface area contributed by atoms with Crippen LogP contribution in [-0.4, -0.2) is 29.9 Å². The molecule has 3 nitrogen and oxygen atoms in total. The van der Waals surface area contributed by atoms with Crippen molar-refractivity contribution in [3.63, 3.8) is 0 Å². The van der Waals surface area contributed by atoms with Crippen molar-refractivity contribution in [1.29, 1.82) is 0 Å². The molecule has 1 aromatic rings. The van der Waals surface area contributed by atoms with Crippen LogP contribution >= 0.6 is 11.6 Å². The molecule has 0 aliphatic carbocycles. The Morgan fingerprint density at radius 1 is 1.25 bits per heavy atom. The highest BCUT2D eigenvalue weighted by molar-refractivity contribution is 6.30. The maximum atomic E-state index is 9.83. The van der Waals surface area contributed by atoms with Crippen LogP contribution < -0.4 is 5.32 Å². The molecule has 2 atom stereocenters. The molecule has 0 aliphatic rings. The van der Waals surface area contributed by atoms with E-state index in [1.54, 1.807) is 12.1 Å². The number of hydrogen-bond acceptors (Lipinski definition) is 3. The molecule has 16 heavy (non-hydrogen) atoms. The monoisotopic (exact) mass is 243 g/mol. The second-order valence-corrected chi connectivity index (χ2v) is 4.45. The Labute approximate surface area is 101 Å². The van der Waals surface area contributed by atoms with Gasteiger partial charge in [0.25, 0.3) is 0 Å². The Balaban J connectivity index is 2.35. The third kappa shape index (κ3) is 4.49. The van der Waals surface area contributed by atoms with Crippen molar-refractivity contribution in [3.8, 4) is 0 Å². The minimum Gasteiger partial charge on any atom is -0.396 e. The van der Waals surface area contributed by atoms with E-state index < -0.39 is 6.10 Å². The molecule has 0 fully saturated rings. The van der Waals surface area contributed by atoms with Crippen LogP contribution in [0.2, 0.25) is 5.02 Å². The van der Waals surface area contributed by atoms with Crippen LogP contribution in [0, 0.1) is 5.92 Å². The molecule has 0 heterocycles. The average Bonchev–Trinajstić information content (AvgIpc) is 2.29. The van der Waals surface area contributed by atoms with E-state index in [1.165, 1.54) is 0 Å². The van der Waals surface area contributed by atoms with E-state index in [1.807, 2.05) is 19.1 Å². The van der Waals surface area contributed by atoms with E-state index in [-0.39, 0.29) is 12.5 Å². The van der Waals surface area contributed by atoms with Gasteiger partial charge in [-0.05, 0) is 30.2 Å². The fourth-order valence-corrected chi connectivity index (χ4v) is 1.46. The van der Waals surface area contributed by atoms with Gasteiger partial charge in [-0.3, -0.25) is 0 Å². The van der Waals surface area contributed by atoms with E-state index in [4.69, 9.17) is 16.7 Å². The normalized spacial score (nSPS) is 14.8. The van der Waals surface area contributed by atoms with Crippen molar-refractivity contribution in [2.24, 2.45) is 5.92 Å². The molecule has 0 saturated carbocycles. The zero-order valence-electron chi connectivity index (χ0n) is 9.36. The summed E-state index contributed by atoms with van der Waals surface area (Å²) in [6.45, 7) is 3.28. The predicted octanol–water partition coefficient (Wildman–Crippen LogP) is 1.59. The molecule has 0 spiro atoms. The van der Waals surface area contributed by atoms with E-state index >= 15 is 0 Å². The van der Waals surface area contributed by atoms with Crippen molar-refractivity contribution in [3.05, 3.63) is 34.9 Å². The van der Waals surface area contributed by atoms with Gasteiger partial charge >= 0.3 is 0 Å². The van der Waals surface area contributed by atoms with Crippen molar-refractivity contribution >= 4 is 11.6 Å². The largest absolute Gasteiger partial charge is 0.396 e. The summed E-state index contributed by atoms with van der Waals surface area (Å²) in [5.74, 6) is 0.206. The number of rotatable bonds is 6. The van der Waals surface area contributed by atoms with Crippen molar-refractivity contribution in [2.45, 2.75) is 13.0 Å². The van der Waals surface area contributed by atoms with Crippen LogP contribution in [-0.2, 0) is 0 Å². The molecule has 0 radical (unpaired) electrons. The van der Waals surface area contributed by atoms with E-state index in [2.05, 4.69) is 5.32 Å². The minimum absolute atomic E-state index is 0.157. The molecule has 90 valence electrons. The van der Waals surface area contributed by atoms with Crippen LogP contribution in [0.5, 0.6) is 0 Å². The molecule has 1 aromatic carbocycles. The summed E-state index contributed by atoms with van der Waals surface area (Å²) in [6, 6.07) is 7.14. The highest BCUT2D eigenvalue weighted by atomic mass is 35.5. The molecule has 0 aromatic heterocycles. The van der Waals surface area contributed by atoms with Gasteiger partial charge in [-0.25, -0.2) is 0 Å². The summed E-state index contributed by atoms with van der Waals surface area (Å²) in [4.78, 5) is 0. The average molecular weight is 244 g/mol. The lowest BCUT2D eigenvalue weighted by molar-refractivity contribution is 0.168. The number of aliphatic hydroxyl groups excluding tert-OH is 2. The molecule has 4 heteroatoms. The minimum atomic E-state index is -0.539. The van der Waals surface area contributed by atoms with Gasteiger partial charge in [0.05, 0.1) is 6.10 Å². The lowest BCUT2D eigenvalue weighted by Gasteiger charge is -2.14. The van der Waals surface area contributed by atoms with Gasteiger partial charge in [0.1, 0.15) is 0 Å². The molecule has 0 aliphatic heterocycles. The van der Waals surface area contributed by atoms with Gasteiger partial charge < -0.3 is 15.5 Å². The lowest BCUT2D eigenvalue weighted by Crippen LogP contribution is -2.27. The number of hydrogen-bond donors (Lipinski definition) is 3. The highest BCUT2D eigenvalue weighted by Crippen LogP contribution is 2.15. The summed E-state index contributed by atoms with van der Waals surface area (Å²) in [6.07, 6.45) is -0.539. The van der Waals surface area contributed by atoms with Gasteiger partial charge in [-0.2, -0.15) is 0 Å². The summed E-state index contributed by atoms with van der Waals surface area (Å²) in [5.41, 5.74) is 0.841. The SMILES string of the molecule is CC(CO)CNCC(O)c1ccc(Cl)cc1. The van der Waals surface area contributed by atoms with Crippen molar-refractivity contribution < 1.29 is 10.2 Å². The van der Waals surface area contributed by atoms with Gasteiger partial charge in [0.15, 0.2) is 0 Å². The van der Waals surface area contributed by atoms with Crippen LogP contribution in [0.25, 0.3) is 0 Å². The molecular formula is C12H18ClNO2. The van der Waals surface area contributed by atoms with Crippen LogP contribution in [0.3, 0.4) is 0 Å². The summed E-state index contributed by atoms with van der Waals surface area (Å²) in [7, 11) is 0. The second-order valence-electron chi connectivity index (χ2n) is 4.01. The Kier molecular flexibility index (Phi) is 5.77. The standard InChI is InChI=1S/C12H18ClNO2/c1-9(8-15)6-14-7-12(16)10-2-4-11(13)5-3-10/h2-5,9,12,14-16H,6-8H2,1H3. The van der Waals surface area contributed by atoms with E-state index in [9.17, 15) is 5.11 Å². The number of aliphatic hydroxyl groups is 2. The number of benzene rings is 1. The molecule has 1 rings (SSSR count). The summed E-state index contributed by atoms with van der Waals surface area (Å²) >= 11 is 5.76. The van der Waals surface area contributed by atoms with Gasteiger partial charge in [0, 0.05) is 18.2 Å². The molecular weight excluding hydrogens is 226 g/mol. The lowest BCUT2D eigenvalue weighted by atomic mass is 10.1. The first-order valence-electron chi connectivity index (χ1n) is 5.38. The van der Waals surface area contributed by atoms with Crippen LogP contribution in [0.4, 0.5) is 0 Å². The maximum absolute atomic E-state index is 9.83. The molecule has 0 bridgehead atoms. The first-order valence-corrected chi connectivity index (χ1v) is 5.76. The Morgan fingerprint density at radius 3 is 2.44 bits per heavy atom. The van der Waals surface area contributed by atoms with E-state index in [0.29, 0.717) is 18.1 Å². The van der Waals surface area contributed by atoms with E-state index in [0.717, 1.165) is 5.56 Å². The quantitative estimate of drug-likeness (QED) is 0.711. The zero-order valence-corrected chi connectivity index (χ0v) is 10.1. The van der Waals surface area contributed by atoms with Gasteiger partial charge in [-0.1, -0.05) is 30.7 Å². The third-order valence-electron chi connectivity index (χ3n) is 2.40. The number of halogens is 1. The smallest absolute Gasteiger partial charge is 0.0914 e. The van der Waals surface area contributed by atoms with Crippen molar-refractivity contribution in [1.82, 2.24) is 5.32 Å². The molecule has 0 amide bonds. The first kappa shape index (κ1) is 13.5. The zero-order chi connectivity index (χ0) is 12.0. The van der Waals surface area contributed by atoms with Crippen LogP contribution in [0.1, 0.15) is 18.6 Å². The summed E-state index contributed by atoms with van der Waals surface area (Å²) in [5, 5.41) is 22.4. The predicted molar refractivity (Wildman–Crippen MR) is 65.5 cm³/mol. The third-order valence-corrected chi connectivity index (χ3v) is 2.65. The first-order chi connectivity index (χ1) is 7.63. The fraction of sp³-hybridized carbons (Fsp3) is 0.500. The molecule has 3 N–H and O–H groups in total. The summed E-state index contributed by atoms with van der Waals surface area (Å²) < 4.78 is 0. The Morgan fingerprint density at radius 2 is 1.88 bits per heavy atom. The van der Waals surface area contributed by atoms with Crippen molar-refractivity contribution in [2.75, 3.05) is 19.7 Å². The Hall–Kier alpha value is -0.610. The van der Waals surface area contributed by atoms with Gasteiger partial charge in [-0.15, -0.1) is 0 Å².